The molecule has 1 amide bonds. The molecule has 0 aliphatic heterocycles. The quantitative estimate of drug-likeness (QED) is 0.647. The van der Waals surface area contributed by atoms with E-state index in [1.54, 1.807) is 7.11 Å². The minimum absolute atomic E-state index is 0.167. The Hall–Kier alpha value is -2.41. The SMILES string of the molecule is COc1ccc([C@H]2C[C@@H](O)[C@@H](O)[C@@H]2NC(=O)c2cc3ccccc3s2)cc1. The predicted octanol–water partition coefficient (Wildman–Crippen LogP) is 2.92. The summed E-state index contributed by atoms with van der Waals surface area (Å²) in [7, 11) is 1.60. The molecule has 1 aliphatic rings. The average Bonchev–Trinajstić information content (AvgIpc) is 3.25. The van der Waals surface area contributed by atoms with Gasteiger partial charge in [-0.15, -0.1) is 11.3 Å². The number of hydrogen-bond donors (Lipinski definition) is 3. The largest absolute Gasteiger partial charge is 0.497 e. The Balaban J connectivity index is 1.57. The Kier molecular flexibility index (Phi) is 4.86. The molecule has 0 unspecified atom stereocenters. The van der Waals surface area contributed by atoms with E-state index in [1.165, 1.54) is 11.3 Å². The van der Waals surface area contributed by atoms with Crippen LogP contribution < -0.4 is 10.1 Å². The molecule has 0 saturated heterocycles. The Labute approximate surface area is 161 Å². The number of carbonyl (C=O) groups excluding carboxylic acids is 1. The summed E-state index contributed by atoms with van der Waals surface area (Å²) < 4.78 is 6.23. The lowest BCUT2D eigenvalue weighted by Crippen LogP contribution is -2.45. The van der Waals surface area contributed by atoms with E-state index in [-0.39, 0.29) is 11.8 Å². The number of amides is 1. The van der Waals surface area contributed by atoms with Gasteiger partial charge in [0.05, 0.1) is 24.1 Å². The van der Waals surface area contributed by atoms with Crippen LogP contribution in [0, 0.1) is 0 Å². The maximum atomic E-state index is 12.8. The standard InChI is InChI=1S/C21H21NO4S/c1-26-14-8-6-12(7-9-14)15-11-16(23)20(24)19(15)22-21(25)18-10-13-4-2-3-5-17(13)27-18/h2-10,15-16,19-20,23-24H,11H2,1H3,(H,22,25)/t15-,16-,19-,20-/m1/s1. The summed E-state index contributed by atoms with van der Waals surface area (Å²) >= 11 is 1.42. The zero-order valence-electron chi connectivity index (χ0n) is 14.8. The minimum atomic E-state index is -1.00. The second-order valence-electron chi connectivity index (χ2n) is 6.82. The maximum Gasteiger partial charge on any atom is 0.261 e. The molecule has 0 bridgehead atoms. The Morgan fingerprint density at radius 2 is 1.89 bits per heavy atom. The van der Waals surface area contributed by atoms with Crippen molar-refractivity contribution in [3.05, 3.63) is 65.0 Å². The Morgan fingerprint density at radius 1 is 1.15 bits per heavy atom. The first-order chi connectivity index (χ1) is 13.1. The van der Waals surface area contributed by atoms with Crippen LogP contribution in [0.2, 0.25) is 0 Å². The average molecular weight is 383 g/mol. The van der Waals surface area contributed by atoms with Crippen molar-refractivity contribution >= 4 is 27.3 Å². The third-order valence-corrected chi connectivity index (χ3v) is 6.30. The van der Waals surface area contributed by atoms with Gasteiger partial charge in [-0.05, 0) is 41.6 Å². The van der Waals surface area contributed by atoms with Crippen LogP contribution in [0.1, 0.15) is 27.6 Å². The van der Waals surface area contributed by atoms with Gasteiger partial charge in [-0.25, -0.2) is 0 Å². The molecular formula is C21H21NO4S. The van der Waals surface area contributed by atoms with Gasteiger partial charge in [0, 0.05) is 10.6 Å². The number of rotatable bonds is 4. The van der Waals surface area contributed by atoms with Gasteiger partial charge in [-0.1, -0.05) is 30.3 Å². The molecule has 1 heterocycles. The second-order valence-corrected chi connectivity index (χ2v) is 7.90. The number of carbonyl (C=O) groups is 1. The fourth-order valence-electron chi connectivity index (χ4n) is 3.72. The number of thiophene rings is 1. The van der Waals surface area contributed by atoms with Gasteiger partial charge in [-0.2, -0.15) is 0 Å². The zero-order chi connectivity index (χ0) is 19.0. The van der Waals surface area contributed by atoms with Crippen LogP contribution in [0.25, 0.3) is 10.1 Å². The van der Waals surface area contributed by atoms with Crippen LogP contribution in [0.15, 0.2) is 54.6 Å². The van der Waals surface area contributed by atoms with Gasteiger partial charge < -0.3 is 20.3 Å². The number of fused-ring (bicyclic) bond motifs is 1. The smallest absolute Gasteiger partial charge is 0.261 e. The number of nitrogens with one attached hydrogen (secondary N) is 1. The molecule has 1 aromatic heterocycles. The van der Waals surface area contributed by atoms with Crippen molar-refractivity contribution in [2.45, 2.75) is 30.6 Å². The summed E-state index contributed by atoms with van der Waals surface area (Å²) in [5.74, 6) is 0.343. The highest BCUT2D eigenvalue weighted by Gasteiger charge is 2.43. The third kappa shape index (κ3) is 3.43. The van der Waals surface area contributed by atoms with Crippen LogP contribution in [0.5, 0.6) is 5.75 Å². The topological polar surface area (TPSA) is 78.8 Å². The van der Waals surface area contributed by atoms with Crippen molar-refractivity contribution < 1.29 is 19.7 Å². The molecular weight excluding hydrogens is 362 g/mol. The molecule has 1 saturated carbocycles. The lowest BCUT2D eigenvalue weighted by molar-refractivity contribution is 0.0295. The number of ether oxygens (including phenoxy) is 1. The number of hydrogen-bond acceptors (Lipinski definition) is 5. The molecule has 1 aliphatic carbocycles. The summed E-state index contributed by atoms with van der Waals surface area (Å²) in [5.41, 5.74) is 0.952. The van der Waals surface area contributed by atoms with Crippen molar-refractivity contribution in [1.82, 2.24) is 5.32 Å². The van der Waals surface area contributed by atoms with Crippen molar-refractivity contribution in [3.8, 4) is 5.75 Å². The highest BCUT2D eigenvalue weighted by atomic mass is 32.1. The van der Waals surface area contributed by atoms with Crippen molar-refractivity contribution in [2.24, 2.45) is 0 Å². The lowest BCUT2D eigenvalue weighted by atomic mass is 9.93. The van der Waals surface area contributed by atoms with E-state index in [9.17, 15) is 15.0 Å². The van der Waals surface area contributed by atoms with Gasteiger partial charge in [0.25, 0.3) is 5.91 Å². The van der Waals surface area contributed by atoms with Gasteiger partial charge in [-0.3, -0.25) is 4.79 Å². The molecule has 27 heavy (non-hydrogen) atoms. The summed E-state index contributed by atoms with van der Waals surface area (Å²) in [5, 5.41) is 24.6. The van der Waals surface area contributed by atoms with Crippen LogP contribution in [-0.4, -0.2) is 41.5 Å². The van der Waals surface area contributed by atoms with Gasteiger partial charge in [0.1, 0.15) is 11.9 Å². The van der Waals surface area contributed by atoms with Gasteiger partial charge in [0.15, 0.2) is 0 Å². The molecule has 3 N–H and O–H groups in total. The molecule has 0 spiro atoms. The minimum Gasteiger partial charge on any atom is -0.497 e. The summed E-state index contributed by atoms with van der Waals surface area (Å²) in [4.78, 5) is 13.4. The maximum absolute atomic E-state index is 12.8. The highest BCUT2D eigenvalue weighted by molar-refractivity contribution is 7.20. The van der Waals surface area contributed by atoms with Crippen molar-refractivity contribution in [2.75, 3.05) is 7.11 Å². The molecule has 1 fully saturated rings. The molecule has 0 radical (unpaired) electrons. The van der Waals surface area contributed by atoms with Crippen LogP contribution in [0.3, 0.4) is 0 Å². The van der Waals surface area contributed by atoms with E-state index in [4.69, 9.17) is 4.74 Å². The van der Waals surface area contributed by atoms with E-state index in [0.717, 1.165) is 21.4 Å². The summed E-state index contributed by atoms with van der Waals surface area (Å²) in [6.45, 7) is 0. The number of methoxy groups -OCH3 is 1. The van der Waals surface area contributed by atoms with Crippen LogP contribution in [0.4, 0.5) is 0 Å². The van der Waals surface area contributed by atoms with E-state index >= 15 is 0 Å². The number of aliphatic hydroxyl groups excluding tert-OH is 2. The first kappa shape index (κ1) is 18.0. The molecule has 3 aromatic rings. The zero-order valence-corrected chi connectivity index (χ0v) is 15.6. The fourth-order valence-corrected chi connectivity index (χ4v) is 4.69. The predicted molar refractivity (Wildman–Crippen MR) is 105 cm³/mol. The first-order valence-electron chi connectivity index (χ1n) is 8.86. The van der Waals surface area contributed by atoms with Crippen molar-refractivity contribution in [3.63, 3.8) is 0 Å². The van der Waals surface area contributed by atoms with Crippen LogP contribution >= 0.6 is 11.3 Å². The lowest BCUT2D eigenvalue weighted by Gasteiger charge is -2.23. The first-order valence-corrected chi connectivity index (χ1v) is 9.68. The number of benzene rings is 2. The molecule has 140 valence electrons. The molecule has 4 atom stereocenters. The van der Waals surface area contributed by atoms with Crippen LogP contribution in [-0.2, 0) is 0 Å². The molecule has 5 nitrogen and oxygen atoms in total. The Morgan fingerprint density at radius 3 is 2.59 bits per heavy atom. The molecule has 4 rings (SSSR count). The number of aliphatic hydroxyl groups is 2. The normalized spacial score (nSPS) is 24.9. The van der Waals surface area contributed by atoms with E-state index in [0.29, 0.717) is 11.3 Å². The fraction of sp³-hybridized carbons (Fsp3) is 0.286. The van der Waals surface area contributed by atoms with Gasteiger partial charge >= 0.3 is 0 Å². The van der Waals surface area contributed by atoms with E-state index in [2.05, 4.69) is 5.32 Å². The van der Waals surface area contributed by atoms with Crippen molar-refractivity contribution in [1.29, 1.82) is 0 Å². The Bertz CT molecular complexity index is 919. The molecule has 2 aromatic carbocycles. The van der Waals surface area contributed by atoms with E-state index < -0.39 is 18.2 Å². The second kappa shape index (κ2) is 7.31. The third-order valence-electron chi connectivity index (χ3n) is 5.18. The highest BCUT2D eigenvalue weighted by Crippen LogP contribution is 2.36. The monoisotopic (exact) mass is 383 g/mol. The van der Waals surface area contributed by atoms with E-state index in [1.807, 2.05) is 54.6 Å². The summed E-state index contributed by atoms with van der Waals surface area (Å²) in [6.07, 6.45) is -1.48. The van der Waals surface area contributed by atoms with Gasteiger partial charge in [0.2, 0.25) is 0 Å². The molecule has 6 heteroatoms. The summed E-state index contributed by atoms with van der Waals surface area (Å²) in [6, 6.07) is 16.6.